The molecule has 126 valence electrons. The number of likely N-dealkylation sites (tertiary alicyclic amines) is 1. The lowest BCUT2D eigenvalue weighted by Crippen LogP contribution is -2.39. The van der Waals surface area contributed by atoms with E-state index in [9.17, 15) is 9.90 Å². The Labute approximate surface area is 143 Å². The summed E-state index contributed by atoms with van der Waals surface area (Å²) in [5, 5.41) is 9.27. The first-order chi connectivity index (χ1) is 11.6. The smallest absolute Gasteiger partial charge is 0.306 e. The van der Waals surface area contributed by atoms with Crippen LogP contribution in [0, 0.1) is 19.8 Å². The fourth-order valence-electron chi connectivity index (χ4n) is 3.75. The number of nitrogens with zero attached hydrogens (tertiary/aromatic N) is 1. The quantitative estimate of drug-likeness (QED) is 0.917. The molecule has 0 aromatic heterocycles. The molecule has 1 aliphatic heterocycles. The molecule has 3 heteroatoms. The fraction of sp³-hybridized carbons (Fsp3) is 0.381. The Balaban J connectivity index is 1.97. The average molecular weight is 323 g/mol. The van der Waals surface area contributed by atoms with Crippen LogP contribution < -0.4 is 0 Å². The number of hydrogen-bond acceptors (Lipinski definition) is 2. The van der Waals surface area contributed by atoms with Gasteiger partial charge < -0.3 is 5.11 Å². The van der Waals surface area contributed by atoms with Gasteiger partial charge in [0.1, 0.15) is 0 Å². The first kappa shape index (κ1) is 16.7. The number of rotatable bonds is 4. The largest absolute Gasteiger partial charge is 0.481 e. The van der Waals surface area contributed by atoms with Gasteiger partial charge in [0.05, 0.1) is 12.0 Å². The van der Waals surface area contributed by atoms with Gasteiger partial charge in [-0.2, -0.15) is 0 Å². The van der Waals surface area contributed by atoms with E-state index in [1.54, 1.807) is 0 Å². The first-order valence-electron chi connectivity index (χ1n) is 8.66. The molecule has 1 aliphatic rings. The number of piperidine rings is 1. The van der Waals surface area contributed by atoms with Gasteiger partial charge in [-0.1, -0.05) is 48.5 Å². The molecule has 0 atom stereocenters. The van der Waals surface area contributed by atoms with Crippen LogP contribution in [0.1, 0.15) is 41.1 Å². The molecule has 2 aromatic carbocycles. The van der Waals surface area contributed by atoms with Gasteiger partial charge in [-0.05, 0) is 62.0 Å². The Hall–Kier alpha value is -2.13. The molecular weight excluding hydrogens is 298 g/mol. The minimum atomic E-state index is -0.655. The third kappa shape index (κ3) is 3.36. The molecule has 3 nitrogen and oxygen atoms in total. The Morgan fingerprint density at radius 3 is 1.83 bits per heavy atom. The Bertz CT molecular complexity index is 672. The molecule has 1 fully saturated rings. The number of hydrogen-bond donors (Lipinski definition) is 1. The van der Waals surface area contributed by atoms with E-state index >= 15 is 0 Å². The molecular formula is C21H25NO2. The molecule has 0 aliphatic carbocycles. The van der Waals surface area contributed by atoms with Crippen LogP contribution >= 0.6 is 0 Å². The summed E-state index contributed by atoms with van der Waals surface area (Å²) in [4.78, 5) is 13.7. The van der Waals surface area contributed by atoms with Crippen LogP contribution in [0.3, 0.4) is 0 Å². The third-order valence-corrected chi connectivity index (χ3v) is 5.21. The lowest BCUT2D eigenvalue weighted by atomic mass is 9.88. The number of carbonyl (C=O) groups is 1. The Morgan fingerprint density at radius 1 is 0.958 bits per heavy atom. The summed E-state index contributed by atoms with van der Waals surface area (Å²) < 4.78 is 0. The zero-order valence-electron chi connectivity index (χ0n) is 14.4. The molecule has 24 heavy (non-hydrogen) atoms. The van der Waals surface area contributed by atoms with E-state index in [1.165, 1.54) is 22.3 Å². The molecule has 2 aromatic rings. The molecule has 0 unspecified atom stereocenters. The predicted molar refractivity (Wildman–Crippen MR) is 96.1 cm³/mol. The zero-order chi connectivity index (χ0) is 17.1. The summed E-state index contributed by atoms with van der Waals surface area (Å²) >= 11 is 0. The molecule has 0 saturated carbocycles. The van der Waals surface area contributed by atoms with Crippen LogP contribution in [0.2, 0.25) is 0 Å². The highest BCUT2D eigenvalue weighted by Gasteiger charge is 2.31. The SMILES string of the molecule is Cc1ccccc1C(c1ccccc1C)N1CCC(C(=O)O)CC1. The second-order valence-corrected chi connectivity index (χ2v) is 6.76. The first-order valence-corrected chi connectivity index (χ1v) is 8.66. The van der Waals surface area contributed by atoms with E-state index < -0.39 is 5.97 Å². The van der Waals surface area contributed by atoms with E-state index in [2.05, 4.69) is 67.3 Å². The molecule has 1 N–H and O–H groups in total. The molecule has 3 rings (SSSR count). The minimum absolute atomic E-state index is 0.196. The third-order valence-electron chi connectivity index (χ3n) is 5.21. The predicted octanol–water partition coefficient (Wildman–Crippen LogP) is 4.19. The summed E-state index contributed by atoms with van der Waals surface area (Å²) in [5.41, 5.74) is 5.21. The number of carboxylic acids is 1. The van der Waals surface area contributed by atoms with Crippen LogP contribution in [0.4, 0.5) is 0 Å². The number of carboxylic acid groups (broad SMARTS) is 1. The number of benzene rings is 2. The summed E-state index contributed by atoms with van der Waals surface area (Å²) in [7, 11) is 0. The van der Waals surface area contributed by atoms with Crippen LogP contribution in [0.15, 0.2) is 48.5 Å². The summed E-state index contributed by atoms with van der Waals surface area (Å²) in [5.74, 6) is -0.853. The fourth-order valence-corrected chi connectivity index (χ4v) is 3.75. The van der Waals surface area contributed by atoms with Gasteiger partial charge in [-0.25, -0.2) is 0 Å². The van der Waals surface area contributed by atoms with E-state index in [1.807, 2.05) is 0 Å². The maximum Gasteiger partial charge on any atom is 0.306 e. The van der Waals surface area contributed by atoms with Gasteiger partial charge in [0.15, 0.2) is 0 Å². The van der Waals surface area contributed by atoms with Crippen molar-refractivity contribution < 1.29 is 9.90 Å². The van der Waals surface area contributed by atoms with Gasteiger partial charge >= 0.3 is 5.97 Å². The molecule has 0 spiro atoms. The van der Waals surface area contributed by atoms with Gasteiger partial charge in [-0.15, -0.1) is 0 Å². The van der Waals surface area contributed by atoms with Crippen LogP contribution in [0.5, 0.6) is 0 Å². The average Bonchev–Trinajstić information content (AvgIpc) is 2.59. The normalized spacial score (nSPS) is 16.5. The van der Waals surface area contributed by atoms with Crippen molar-refractivity contribution in [1.29, 1.82) is 0 Å². The minimum Gasteiger partial charge on any atom is -0.481 e. The second-order valence-electron chi connectivity index (χ2n) is 6.76. The highest BCUT2D eigenvalue weighted by Crippen LogP contribution is 2.35. The van der Waals surface area contributed by atoms with Crippen molar-refractivity contribution in [1.82, 2.24) is 4.90 Å². The Morgan fingerprint density at radius 2 is 1.42 bits per heavy atom. The Kier molecular flexibility index (Phi) is 5.00. The monoisotopic (exact) mass is 323 g/mol. The van der Waals surface area contributed by atoms with Crippen LogP contribution in [-0.2, 0) is 4.79 Å². The van der Waals surface area contributed by atoms with Crippen molar-refractivity contribution in [3.05, 3.63) is 70.8 Å². The van der Waals surface area contributed by atoms with E-state index in [4.69, 9.17) is 0 Å². The summed E-state index contributed by atoms with van der Waals surface area (Å²) in [6.45, 7) is 5.96. The molecule has 0 amide bonds. The lowest BCUT2D eigenvalue weighted by molar-refractivity contribution is -0.143. The summed E-state index contributed by atoms with van der Waals surface area (Å²) in [6, 6.07) is 17.3. The number of aliphatic carboxylic acids is 1. The molecule has 1 heterocycles. The highest BCUT2D eigenvalue weighted by atomic mass is 16.4. The van der Waals surface area contributed by atoms with Gasteiger partial charge in [0, 0.05) is 0 Å². The van der Waals surface area contributed by atoms with Gasteiger partial charge in [0.2, 0.25) is 0 Å². The van der Waals surface area contributed by atoms with Crippen LogP contribution in [0.25, 0.3) is 0 Å². The van der Waals surface area contributed by atoms with Gasteiger partial charge in [-0.3, -0.25) is 9.69 Å². The second kappa shape index (κ2) is 7.18. The molecule has 0 radical (unpaired) electrons. The molecule has 1 saturated heterocycles. The van der Waals surface area contributed by atoms with Gasteiger partial charge in [0.25, 0.3) is 0 Å². The van der Waals surface area contributed by atoms with E-state index in [0.29, 0.717) is 0 Å². The highest BCUT2D eigenvalue weighted by molar-refractivity contribution is 5.70. The van der Waals surface area contributed by atoms with Crippen LogP contribution in [-0.4, -0.2) is 29.1 Å². The van der Waals surface area contributed by atoms with Crippen molar-refractivity contribution in [2.45, 2.75) is 32.7 Å². The topological polar surface area (TPSA) is 40.5 Å². The number of aryl methyl sites for hydroxylation is 2. The lowest BCUT2D eigenvalue weighted by Gasteiger charge is -2.38. The standard InChI is InChI=1S/C21H25NO2/c1-15-7-3-5-9-18(15)20(19-10-6-4-8-16(19)2)22-13-11-17(12-14-22)21(23)24/h3-10,17,20H,11-14H2,1-2H3,(H,23,24). The van der Waals surface area contributed by atoms with E-state index in [-0.39, 0.29) is 12.0 Å². The summed E-state index contributed by atoms with van der Waals surface area (Å²) in [6.07, 6.45) is 1.45. The van der Waals surface area contributed by atoms with Crippen molar-refractivity contribution in [2.75, 3.05) is 13.1 Å². The maximum absolute atomic E-state index is 11.3. The molecule has 0 bridgehead atoms. The van der Waals surface area contributed by atoms with Crippen molar-refractivity contribution >= 4 is 5.97 Å². The zero-order valence-corrected chi connectivity index (χ0v) is 14.4. The van der Waals surface area contributed by atoms with Crippen molar-refractivity contribution in [3.63, 3.8) is 0 Å². The maximum atomic E-state index is 11.3. The van der Waals surface area contributed by atoms with E-state index in [0.717, 1.165) is 25.9 Å². The van der Waals surface area contributed by atoms with Crippen molar-refractivity contribution in [2.24, 2.45) is 5.92 Å². The van der Waals surface area contributed by atoms with Crippen molar-refractivity contribution in [3.8, 4) is 0 Å².